The maximum Gasteiger partial charge on any atom is 0.314 e. The highest BCUT2D eigenvalue weighted by Gasteiger charge is 2.22. The molecule has 1 aromatic heterocycles. The molecule has 1 aromatic carbocycles. The second-order valence-electron chi connectivity index (χ2n) is 7.38. The second-order valence-corrected chi connectivity index (χ2v) is 7.38. The van der Waals surface area contributed by atoms with Crippen molar-refractivity contribution in [3.8, 4) is 0 Å². The van der Waals surface area contributed by atoms with Crippen LogP contribution in [0.5, 0.6) is 0 Å². The van der Waals surface area contributed by atoms with Gasteiger partial charge in [-0.2, -0.15) is 0 Å². The Balaban J connectivity index is 1.65. The highest BCUT2D eigenvalue weighted by atomic mass is 16.5. The molecule has 2 N–H and O–H groups in total. The van der Waals surface area contributed by atoms with Gasteiger partial charge in [0.1, 0.15) is 5.76 Å². The third-order valence-electron chi connectivity index (χ3n) is 4.99. The smallest absolute Gasteiger partial charge is 0.314 e. The van der Waals surface area contributed by atoms with Gasteiger partial charge < -0.3 is 19.6 Å². The molecule has 3 rings (SSSR count). The summed E-state index contributed by atoms with van der Waals surface area (Å²) < 4.78 is 4.88. The van der Waals surface area contributed by atoms with Crippen molar-refractivity contribution in [1.29, 1.82) is 0 Å². The molecule has 8 heteroatoms. The summed E-state index contributed by atoms with van der Waals surface area (Å²) in [6, 6.07) is 7.96. The van der Waals surface area contributed by atoms with Crippen LogP contribution in [0, 0.1) is 6.92 Å². The summed E-state index contributed by atoms with van der Waals surface area (Å²) in [5.74, 6) is -0.690. The number of likely N-dealkylation sites (N-methyl/N-ethyl adjacent to an activating group) is 1. The fraction of sp³-hybridized carbons (Fsp3) is 0.450. The molecule has 1 atom stereocenters. The van der Waals surface area contributed by atoms with Gasteiger partial charge in [0.15, 0.2) is 5.82 Å². The number of hydrogen-bond acceptors (Lipinski definition) is 6. The normalized spacial score (nSPS) is 14.5. The topological polar surface area (TPSA) is 90.7 Å². The Kier molecular flexibility index (Phi) is 5.99. The number of nitrogens with zero attached hydrogens (tertiary/aromatic N) is 3. The average Bonchev–Trinajstić information content (AvgIpc) is 3.06. The Hall–Kier alpha value is -2.87. The van der Waals surface area contributed by atoms with E-state index in [4.69, 9.17) is 4.52 Å². The highest BCUT2D eigenvalue weighted by molar-refractivity contribution is 6.39. The summed E-state index contributed by atoms with van der Waals surface area (Å²) in [5, 5.41) is 8.80. The SMILES string of the molecule is Cc1cc(NC(=O)C(=O)NC[C@@H](c2ccc3c(c2)CCCN3C)N(C)C)no1. The number of aryl methyl sites for hydroxylation is 2. The molecule has 0 fully saturated rings. The number of anilines is 2. The van der Waals surface area contributed by atoms with Crippen molar-refractivity contribution < 1.29 is 14.1 Å². The van der Waals surface area contributed by atoms with E-state index in [1.807, 2.05) is 19.0 Å². The molecule has 2 heterocycles. The van der Waals surface area contributed by atoms with E-state index in [0.29, 0.717) is 12.3 Å². The summed E-state index contributed by atoms with van der Waals surface area (Å²) in [7, 11) is 6.03. The number of rotatable bonds is 5. The second kappa shape index (κ2) is 8.43. The van der Waals surface area contributed by atoms with Crippen LogP contribution in [0.15, 0.2) is 28.8 Å². The number of carbonyl (C=O) groups excluding carboxylic acids is 2. The third-order valence-corrected chi connectivity index (χ3v) is 4.99. The first-order chi connectivity index (χ1) is 13.3. The van der Waals surface area contributed by atoms with Crippen LogP contribution >= 0.6 is 0 Å². The van der Waals surface area contributed by atoms with Crippen molar-refractivity contribution in [2.75, 3.05) is 44.4 Å². The number of nitrogens with one attached hydrogen (secondary N) is 2. The summed E-state index contributed by atoms with van der Waals surface area (Å²) in [6.45, 7) is 3.10. The Bertz CT molecular complexity index is 861. The van der Waals surface area contributed by atoms with Gasteiger partial charge in [-0.15, -0.1) is 0 Å². The molecule has 0 saturated carbocycles. The van der Waals surface area contributed by atoms with E-state index in [-0.39, 0.29) is 11.9 Å². The molecular weight excluding hydrogens is 358 g/mol. The van der Waals surface area contributed by atoms with Gasteiger partial charge in [0, 0.05) is 31.9 Å². The molecule has 150 valence electrons. The minimum Gasteiger partial charge on any atom is -0.374 e. The predicted octanol–water partition coefficient (Wildman–Crippen LogP) is 1.72. The number of carbonyl (C=O) groups is 2. The van der Waals surface area contributed by atoms with Crippen LogP contribution in [0.4, 0.5) is 11.5 Å². The summed E-state index contributed by atoms with van der Waals surface area (Å²) in [4.78, 5) is 28.5. The number of benzene rings is 1. The van der Waals surface area contributed by atoms with Gasteiger partial charge in [-0.1, -0.05) is 17.3 Å². The van der Waals surface area contributed by atoms with Crippen molar-refractivity contribution in [2.24, 2.45) is 0 Å². The molecule has 2 amide bonds. The van der Waals surface area contributed by atoms with Crippen molar-refractivity contribution >= 4 is 23.3 Å². The maximum atomic E-state index is 12.2. The van der Waals surface area contributed by atoms with E-state index in [1.165, 1.54) is 11.3 Å². The van der Waals surface area contributed by atoms with Crippen molar-refractivity contribution in [2.45, 2.75) is 25.8 Å². The molecule has 1 aliphatic heterocycles. The van der Waals surface area contributed by atoms with Gasteiger partial charge >= 0.3 is 11.8 Å². The first-order valence-corrected chi connectivity index (χ1v) is 9.38. The van der Waals surface area contributed by atoms with Crippen LogP contribution in [-0.2, 0) is 16.0 Å². The Labute approximate surface area is 164 Å². The lowest BCUT2D eigenvalue weighted by Gasteiger charge is -2.30. The number of amides is 2. The molecule has 0 bridgehead atoms. The van der Waals surface area contributed by atoms with Gasteiger partial charge in [-0.25, -0.2) is 0 Å². The summed E-state index contributed by atoms with van der Waals surface area (Å²) in [5.41, 5.74) is 3.70. The zero-order valence-electron chi connectivity index (χ0n) is 16.8. The van der Waals surface area contributed by atoms with Crippen LogP contribution in [0.25, 0.3) is 0 Å². The third kappa shape index (κ3) is 4.51. The van der Waals surface area contributed by atoms with E-state index in [0.717, 1.165) is 24.9 Å². The van der Waals surface area contributed by atoms with Crippen LogP contribution in [-0.4, -0.2) is 56.1 Å². The zero-order chi connectivity index (χ0) is 20.3. The first-order valence-electron chi connectivity index (χ1n) is 9.38. The maximum absolute atomic E-state index is 12.2. The first kappa shape index (κ1) is 19.9. The average molecular weight is 385 g/mol. The quantitative estimate of drug-likeness (QED) is 0.762. The van der Waals surface area contributed by atoms with E-state index in [1.54, 1.807) is 13.0 Å². The monoisotopic (exact) mass is 385 g/mol. The van der Waals surface area contributed by atoms with Gasteiger partial charge in [0.05, 0.1) is 6.04 Å². The van der Waals surface area contributed by atoms with Gasteiger partial charge in [-0.05, 0) is 51.1 Å². The molecule has 1 aliphatic rings. The van der Waals surface area contributed by atoms with E-state index < -0.39 is 11.8 Å². The van der Waals surface area contributed by atoms with Gasteiger partial charge in [0.2, 0.25) is 0 Å². The fourth-order valence-corrected chi connectivity index (χ4v) is 3.48. The zero-order valence-corrected chi connectivity index (χ0v) is 16.8. The predicted molar refractivity (Wildman–Crippen MR) is 107 cm³/mol. The van der Waals surface area contributed by atoms with Crippen LogP contribution < -0.4 is 15.5 Å². The molecule has 2 aromatic rings. The minimum absolute atomic E-state index is 0.0384. The number of aromatic nitrogens is 1. The molecular formula is C20H27N5O3. The molecule has 0 aliphatic carbocycles. The highest BCUT2D eigenvalue weighted by Crippen LogP contribution is 2.29. The summed E-state index contributed by atoms with van der Waals surface area (Å²) >= 11 is 0. The number of hydrogen-bond donors (Lipinski definition) is 2. The lowest BCUT2D eigenvalue weighted by Crippen LogP contribution is -2.40. The molecule has 28 heavy (non-hydrogen) atoms. The van der Waals surface area contributed by atoms with Crippen molar-refractivity contribution in [3.05, 3.63) is 41.2 Å². The van der Waals surface area contributed by atoms with E-state index >= 15 is 0 Å². The van der Waals surface area contributed by atoms with Gasteiger partial charge in [-0.3, -0.25) is 14.9 Å². The molecule has 0 saturated heterocycles. The van der Waals surface area contributed by atoms with Crippen LogP contribution in [0.1, 0.15) is 29.3 Å². The lowest BCUT2D eigenvalue weighted by molar-refractivity contribution is -0.136. The Morgan fingerprint density at radius 3 is 2.75 bits per heavy atom. The minimum atomic E-state index is -0.766. The van der Waals surface area contributed by atoms with E-state index in [9.17, 15) is 9.59 Å². The fourth-order valence-electron chi connectivity index (χ4n) is 3.48. The largest absolute Gasteiger partial charge is 0.374 e. The number of fused-ring (bicyclic) bond motifs is 1. The lowest BCUT2D eigenvalue weighted by atomic mass is 9.96. The van der Waals surface area contributed by atoms with Crippen LogP contribution in [0.3, 0.4) is 0 Å². The Morgan fingerprint density at radius 1 is 1.29 bits per heavy atom. The molecule has 0 radical (unpaired) electrons. The van der Waals surface area contributed by atoms with Gasteiger partial charge in [0.25, 0.3) is 0 Å². The van der Waals surface area contributed by atoms with Crippen molar-refractivity contribution in [3.63, 3.8) is 0 Å². The Morgan fingerprint density at radius 2 is 2.07 bits per heavy atom. The summed E-state index contributed by atoms with van der Waals surface area (Å²) in [6.07, 6.45) is 2.19. The van der Waals surface area contributed by atoms with Crippen LogP contribution in [0.2, 0.25) is 0 Å². The molecule has 8 nitrogen and oxygen atoms in total. The molecule has 0 unspecified atom stereocenters. The standard InChI is InChI=1S/C20H27N5O3/c1-13-10-18(23-28-13)22-20(27)19(26)21-12-17(24(2)3)15-7-8-16-14(11-15)6-5-9-25(16)4/h7-8,10-11,17H,5-6,9,12H2,1-4H3,(H,21,26)(H,22,23,27)/t17-/m0/s1. The van der Waals surface area contributed by atoms with Crippen molar-refractivity contribution in [1.82, 2.24) is 15.4 Å². The van der Waals surface area contributed by atoms with E-state index in [2.05, 4.69) is 45.9 Å². The molecule has 0 spiro atoms.